The van der Waals surface area contributed by atoms with E-state index < -0.39 is 12.3 Å². The summed E-state index contributed by atoms with van der Waals surface area (Å²) in [6.07, 6.45) is 5.32. The van der Waals surface area contributed by atoms with Crippen molar-refractivity contribution in [3.63, 3.8) is 0 Å². The molecule has 48 heavy (non-hydrogen) atoms. The van der Waals surface area contributed by atoms with E-state index in [0.29, 0.717) is 106 Å². The van der Waals surface area contributed by atoms with Gasteiger partial charge in [-0.15, -0.1) is 0 Å². The van der Waals surface area contributed by atoms with Gasteiger partial charge in [-0.3, -0.25) is 14.8 Å². The lowest BCUT2D eigenvalue weighted by Crippen LogP contribution is -2.54. The summed E-state index contributed by atoms with van der Waals surface area (Å²) in [6.45, 7) is 0.651. The molecule has 4 aromatic rings. The molecule has 14 heteroatoms. The molecule has 1 atom stereocenters. The van der Waals surface area contributed by atoms with Gasteiger partial charge in [0.05, 0.1) is 53.6 Å². The second kappa shape index (κ2) is 14.7. The Labute approximate surface area is 287 Å². The van der Waals surface area contributed by atoms with Crippen LogP contribution in [0.1, 0.15) is 37.1 Å². The monoisotopic (exact) mass is 695 g/mol. The number of aliphatic hydroxyl groups is 1. The lowest BCUT2D eigenvalue weighted by molar-refractivity contribution is -0.119. The van der Waals surface area contributed by atoms with E-state index in [2.05, 4.69) is 30.9 Å². The van der Waals surface area contributed by atoms with E-state index in [1.54, 1.807) is 19.5 Å². The first-order valence-corrected chi connectivity index (χ1v) is 16.4. The normalized spacial score (nSPS) is 20.3. The van der Waals surface area contributed by atoms with Crippen LogP contribution in [-0.4, -0.2) is 76.1 Å². The molecule has 1 saturated carbocycles. The minimum Gasteiger partial charge on any atom is -0.480 e. The van der Waals surface area contributed by atoms with E-state index in [1.165, 1.54) is 7.11 Å². The van der Waals surface area contributed by atoms with Gasteiger partial charge in [-0.1, -0.05) is 59.6 Å². The van der Waals surface area contributed by atoms with Crippen molar-refractivity contribution in [2.24, 2.45) is 0 Å². The summed E-state index contributed by atoms with van der Waals surface area (Å²) < 4.78 is 24.0. The Morgan fingerprint density at radius 2 is 1.46 bits per heavy atom. The Morgan fingerprint density at radius 3 is 1.96 bits per heavy atom. The first-order chi connectivity index (χ1) is 23.2. The number of aromatic nitrogens is 4. The molecule has 1 aliphatic heterocycles. The maximum atomic E-state index is 12.9. The van der Waals surface area contributed by atoms with Crippen LogP contribution in [0.2, 0.25) is 10.0 Å². The van der Waals surface area contributed by atoms with Crippen LogP contribution < -0.4 is 25.4 Å². The van der Waals surface area contributed by atoms with E-state index in [9.17, 15) is 14.3 Å². The highest BCUT2D eigenvalue weighted by atomic mass is 35.5. The SMILES string of the molecule is COc1nc(-c2cccc(-c3cccc(-c4cnc(CN[C@H]5C[C@](O)(CF)C5)c(OC)n4)c3Cl)c2Cl)cnc1CNC[C@@H]1CCC(=O)N1. The van der Waals surface area contributed by atoms with Gasteiger partial charge in [-0.05, 0) is 19.3 Å². The predicted octanol–water partition coefficient (Wildman–Crippen LogP) is 4.91. The number of ether oxygens (including phenoxy) is 2. The number of carbonyl (C=O) groups excluding carboxylic acids is 1. The summed E-state index contributed by atoms with van der Waals surface area (Å²) in [5.41, 5.74) is 3.72. The number of alkyl halides is 1. The lowest BCUT2D eigenvalue weighted by atomic mass is 9.76. The van der Waals surface area contributed by atoms with Crippen LogP contribution in [0.5, 0.6) is 11.8 Å². The summed E-state index contributed by atoms with van der Waals surface area (Å²) in [7, 11) is 3.06. The first kappa shape index (κ1) is 33.9. The molecule has 0 spiro atoms. The second-order valence-electron chi connectivity index (χ2n) is 12.0. The highest BCUT2D eigenvalue weighted by Crippen LogP contribution is 2.42. The molecule has 2 fully saturated rings. The van der Waals surface area contributed by atoms with E-state index in [4.69, 9.17) is 37.7 Å². The van der Waals surface area contributed by atoms with Gasteiger partial charge in [0.2, 0.25) is 17.7 Å². The molecule has 0 unspecified atom stereocenters. The third-order valence-corrected chi connectivity index (χ3v) is 9.49. The minimum absolute atomic E-state index is 0.0105. The number of nitrogens with one attached hydrogen (secondary N) is 3. The number of hydrogen-bond acceptors (Lipinski definition) is 10. The van der Waals surface area contributed by atoms with Crippen LogP contribution >= 0.6 is 23.2 Å². The van der Waals surface area contributed by atoms with Gasteiger partial charge >= 0.3 is 0 Å². The lowest BCUT2D eigenvalue weighted by Gasteiger charge is -2.42. The number of rotatable bonds is 13. The number of amides is 1. The Hall–Kier alpha value is -3.94. The second-order valence-corrected chi connectivity index (χ2v) is 12.8. The fourth-order valence-corrected chi connectivity index (χ4v) is 6.70. The van der Waals surface area contributed by atoms with Gasteiger partial charge in [0.15, 0.2) is 0 Å². The van der Waals surface area contributed by atoms with Crippen molar-refractivity contribution in [3.05, 3.63) is 70.2 Å². The van der Waals surface area contributed by atoms with Crippen LogP contribution in [0.4, 0.5) is 4.39 Å². The summed E-state index contributed by atoms with van der Waals surface area (Å²) in [5.74, 6) is 0.778. The highest BCUT2D eigenvalue weighted by Gasteiger charge is 2.42. The average molecular weight is 697 g/mol. The Kier molecular flexibility index (Phi) is 10.4. The molecule has 252 valence electrons. The number of carbonyl (C=O) groups is 1. The zero-order valence-electron chi connectivity index (χ0n) is 26.5. The molecule has 6 rings (SSSR count). The molecule has 0 radical (unpaired) electrons. The van der Waals surface area contributed by atoms with Crippen LogP contribution in [0.3, 0.4) is 0 Å². The van der Waals surface area contributed by atoms with Gasteiger partial charge in [-0.25, -0.2) is 14.4 Å². The summed E-state index contributed by atoms with van der Waals surface area (Å²) in [6, 6.07) is 11.3. The predicted molar refractivity (Wildman–Crippen MR) is 181 cm³/mol. The van der Waals surface area contributed by atoms with Crippen molar-refractivity contribution < 1.29 is 23.8 Å². The molecule has 1 amide bonds. The number of hydrogen-bond donors (Lipinski definition) is 4. The summed E-state index contributed by atoms with van der Waals surface area (Å²) in [4.78, 5) is 30.0. The molecule has 3 heterocycles. The van der Waals surface area contributed by atoms with Crippen molar-refractivity contribution in [2.75, 3.05) is 27.4 Å². The van der Waals surface area contributed by atoms with E-state index in [-0.39, 0.29) is 18.0 Å². The maximum Gasteiger partial charge on any atom is 0.237 e. The number of methoxy groups -OCH3 is 2. The number of nitrogens with zero attached hydrogens (tertiary/aromatic N) is 4. The topological polar surface area (TPSA) is 143 Å². The Morgan fingerprint density at radius 1 is 0.917 bits per heavy atom. The Balaban J connectivity index is 1.21. The average Bonchev–Trinajstić information content (AvgIpc) is 3.51. The van der Waals surface area contributed by atoms with E-state index >= 15 is 0 Å². The molecular weight excluding hydrogens is 660 g/mol. The number of benzene rings is 2. The van der Waals surface area contributed by atoms with Gasteiger partial charge < -0.3 is 30.5 Å². The minimum atomic E-state index is -1.23. The molecule has 0 bridgehead atoms. The van der Waals surface area contributed by atoms with Crippen molar-refractivity contribution in [1.29, 1.82) is 0 Å². The summed E-state index contributed by atoms with van der Waals surface area (Å²) in [5, 5.41) is 20.4. The van der Waals surface area contributed by atoms with Crippen molar-refractivity contribution in [3.8, 4) is 45.4 Å². The maximum absolute atomic E-state index is 12.9. The van der Waals surface area contributed by atoms with Gasteiger partial charge in [0, 0.05) is 60.4 Å². The highest BCUT2D eigenvalue weighted by molar-refractivity contribution is 6.39. The smallest absolute Gasteiger partial charge is 0.237 e. The zero-order chi connectivity index (χ0) is 33.8. The van der Waals surface area contributed by atoms with E-state index in [1.807, 2.05) is 36.4 Å². The van der Waals surface area contributed by atoms with Gasteiger partial charge in [-0.2, -0.15) is 0 Å². The first-order valence-electron chi connectivity index (χ1n) is 15.6. The zero-order valence-corrected chi connectivity index (χ0v) is 28.0. The third kappa shape index (κ3) is 7.23. The molecule has 4 N–H and O–H groups in total. The van der Waals surface area contributed by atoms with Crippen LogP contribution in [0.25, 0.3) is 33.6 Å². The van der Waals surface area contributed by atoms with Crippen molar-refractivity contribution in [2.45, 2.75) is 56.5 Å². The van der Waals surface area contributed by atoms with Crippen molar-refractivity contribution >= 4 is 29.1 Å². The summed E-state index contributed by atoms with van der Waals surface area (Å²) >= 11 is 14.0. The van der Waals surface area contributed by atoms with Crippen LogP contribution in [0.15, 0.2) is 48.8 Å². The molecule has 2 aromatic heterocycles. The molecule has 1 saturated heterocycles. The molecule has 11 nitrogen and oxygen atoms in total. The fraction of sp³-hybridized carbons (Fsp3) is 0.382. The molecule has 2 aromatic carbocycles. The standard InChI is InChI=1S/C34H36Cl2FN7O4/c1-47-32-27(14-38-13-19-9-10-29(45)42-19)40-15-25(43-32)23-7-3-5-21(30(23)35)22-6-4-8-24(31(22)36)26-16-41-28(33(44-26)48-2)17-39-20-11-34(46,12-20)18-37/h3-8,15-16,19-20,38-39,46H,9-14,17-18H2,1-2H3,(H,42,45)/t19-,20-,34+/m0/s1. The largest absolute Gasteiger partial charge is 0.480 e. The van der Waals surface area contributed by atoms with Gasteiger partial charge in [0.25, 0.3) is 0 Å². The fourth-order valence-electron chi connectivity index (χ4n) is 6.05. The number of halogens is 3. The Bertz CT molecular complexity index is 1810. The van der Waals surface area contributed by atoms with Crippen molar-refractivity contribution in [1.82, 2.24) is 35.9 Å². The third-order valence-electron chi connectivity index (χ3n) is 8.68. The van der Waals surface area contributed by atoms with Gasteiger partial charge in [0.1, 0.15) is 18.1 Å². The molecule has 1 aliphatic carbocycles. The van der Waals surface area contributed by atoms with Crippen LogP contribution in [-0.2, 0) is 17.9 Å². The van der Waals surface area contributed by atoms with E-state index in [0.717, 1.165) is 6.42 Å². The quantitative estimate of drug-likeness (QED) is 0.152. The van der Waals surface area contributed by atoms with Crippen LogP contribution in [0, 0.1) is 0 Å². The molecular formula is C34H36Cl2FN7O4. The molecule has 2 aliphatic rings.